The fourth-order valence-corrected chi connectivity index (χ4v) is 3.09. The zero-order valence-electron chi connectivity index (χ0n) is 10.8. The number of thiophene rings is 1. The van der Waals surface area contributed by atoms with Crippen molar-refractivity contribution in [2.24, 2.45) is 0 Å². The van der Waals surface area contributed by atoms with Crippen LogP contribution < -0.4 is 9.47 Å². The van der Waals surface area contributed by atoms with E-state index >= 15 is 0 Å². The standard InChI is InChI=1S/C16H14O2S/c1-17-13-5-3-11(4-6-13)16-10-12-9-14(18-2)7-8-15(12)19-16/h3-10H,1-2H3. The van der Waals surface area contributed by atoms with Gasteiger partial charge < -0.3 is 9.47 Å². The minimum absolute atomic E-state index is 0.881. The van der Waals surface area contributed by atoms with Gasteiger partial charge in [0.25, 0.3) is 0 Å². The largest absolute Gasteiger partial charge is 0.497 e. The summed E-state index contributed by atoms with van der Waals surface area (Å²) in [6.07, 6.45) is 0. The Bertz CT molecular complexity index is 698. The molecule has 0 amide bonds. The summed E-state index contributed by atoms with van der Waals surface area (Å²) >= 11 is 1.79. The maximum atomic E-state index is 5.26. The Morgan fingerprint density at radius 1 is 0.789 bits per heavy atom. The molecule has 0 aliphatic heterocycles. The molecule has 3 heteroatoms. The lowest BCUT2D eigenvalue weighted by atomic mass is 10.1. The Morgan fingerprint density at radius 2 is 1.47 bits per heavy atom. The first kappa shape index (κ1) is 12.1. The molecule has 0 atom stereocenters. The summed E-state index contributed by atoms with van der Waals surface area (Å²) in [6, 6.07) is 16.5. The molecule has 96 valence electrons. The van der Waals surface area contributed by atoms with Crippen LogP contribution in [0.1, 0.15) is 0 Å². The molecule has 0 spiro atoms. The van der Waals surface area contributed by atoms with Crippen LogP contribution >= 0.6 is 11.3 Å². The normalized spacial score (nSPS) is 10.6. The highest BCUT2D eigenvalue weighted by molar-refractivity contribution is 7.22. The van der Waals surface area contributed by atoms with E-state index in [0.29, 0.717) is 0 Å². The van der Waals surface area contributed by atoms with Gasteiger partial charge in [-0.3, -0.25) is 0 Å². The Morgan fingerprint density at radius 3 is 2.16 bits per heavy atom. The first-order chi connectivity index (χ1) is 9.30. The quantitative estimate of drug-likeness (QED) is 0.693. The van der Waals surface area contributed by atoms with Crippen molar-refractivity contribution in [3.05, 3.63) is 48.5 Å². The van der Waals surface area contributed by atoms with Gasteiger partial charge in [0.1, 0.15) is 11.5 Å². The van der Waals surface area contributed by atoms with Gasteiger partial charge in [0, 0.05) is 9.58 Å². The molecular formula is C16H14O2S. The molecule has 1 aromatic heterocycles. The summed E-state index contributed by atoms with van der Waals surface area (Å²) in [6.45, 7) is 0. The smallest absolute Gasteiger partial charge is 0.119 e. The van der Waals surface area contributed by atoms with Gasteiger partial charge >= 0.3 is 0 Å². The number of hydrogen-bond acceptors (Lipinski definition) is 3. The van der Waals surface area contributed by atoms with Crippen molar-refractivity contribution in [2.45, 2.75) is 0 Å². The van der Waals surface area contributed by atoms with E-state index < -0.39 is 0 Å². The van der Waals surface area contributed by atoms with Crippen LogP contribution in [-0.2, 0) is 0 Å². The minimum Gasteiger partial charge on any atom is -0.497 e. The third kappa shape index (κ3) is 2.29. The highest BCUT2D eigenvalue weighted by Gasteiger charge is 2.05. The van der Waals surface area contributed by atoms with Crippen LogP contribution in [0, 0.1) is 0 Å². The Labute approximate surface area is 116 Å². The summed E-state index contributed by atoms with van der Waals surface area (Å²) in [5, 5.41) is 1.22. The van der Waals surface area contributed by atoms with Gasteiger partial charge in [-0.25, -0.2) is 0 Å². The third-order valence-corrected chi connectivity index (χ3v) is 4.26. The van der Waals surface area contributed by atoms with Crippen LogP contribution in [0.5, 0.6) is 11.5 Å². The number of hydrogen-bond donors (Lipinski definition) is 0. The van der Waals surface area contributed by atoms with Gasteiger partial charge in [-0.05, 0) is 59.5 Å². The second kappa shape index (κ2) is 4.94. The second-order valence-electron chi connectivity index (χ2n) is 4.24. The molecule has 0 bridgehead atoms. The summed E-state index contributed by atoms with van der Waals surface area (Å²) in [4.78, 5) is 1.26. The maximum Gasteiger partial charge on any atom is 0.119 e. The van der Waals surface area contributed by atoms with Crippen molar-refractivity contribution in [2.75, 3.05) is 14.2 Å². The molecule has 2 nitrogen and oxygen atoms in total. The fraction of sp³-hybridized carbons (Fsp3) is 0.125. The number of rotatable bonds is 3. The van der Waals surface area contributed by atoms with E-state index in [2.05, 4.69) is 30.3 Å². The van der Waals surface area contributed by atoms with E-state index in [9.17, 15) is 0 Å². The molecule has 0 aliphatic carbocycles. The lowest BCUT2D eigenvalue weighted by Gasteiger charge is -2.00. The van der Waals surface area contributed by atoms with Crippen LogP contribution in [0.15, 0.2) is 48.5 Å². The average Bonchev–Trinajstić information content (AvgIpc) is 2.90. The monoisotopic (exact) mass is 270 g/mol. The van der Waals surface area contributed by atoms with Crippen LogP contribution in [-0.4, -0.2) is 14.2 Å². The molecule has 2 aromatic carbocycles. The zero-order chi connectivity index (χ0) is 13.2. The average molecular weight is 270 g/mol. The van der Waals surface area contributed by atoms with Crippen molar-refractivity contribution in [1.29, 1.82) is 0 Å². The highest BCUT2D eigenvalue weighted by Crippen LogP contribution is 2.35. The summed E-state index contributed by atoms with van der Waals surface area (Å²) in [7, 11) is 3.37. The molecule has 0 saturated heterocycles. The van der Waals surface area contributed by atoms with Gasteiger partial charge in [0.2, 0.25) is 0 Å². The minimum atomic E-state index is 0.881. The van der Waals surface area contributed by atoms with Gasteiger partial charge in [-0.15, -0.1) is 11.3 Å². The van der Waals surface area contributed by atoms with Crippen LogP contribution in [0.4, 0.5) is 0 Å². The maximum absolute atomic E-state index is 5.26. The van der Waals surface area contributed by atoms with Crippen LogP contribution in [0.2, 0.25) is 0 Å². The topological polar surface area (TPSA) is 18.5 Å². The molecule has 0 unspecified atom stereocenters. The van der Waals surface area contributed by atoms with Crippen molar-refractivity contribution in [3.63, 3.8) is 0 Å². The predicted octanol–water partition coefficient (Wildman–Crippen LogP) is 4.59. The Kier molecular flexibility index (Phi) is 3.13. The van der Waals surface area contributed by atoms with Gasteiger partial charge in [0.05, 0.1) is 14.2 Å². The van der Waals surface area contributed by atoms with Gasteiger partial charge in [-0.1, -0.05) is 0 Å². The number of benzene rings is 2. The molecule has 0 fully saturated rings. The van der Waals surface area contributed by atoms with E-state index in [1.165, 1.54) is 20.5 Å². The second-order valence-corrected chi connectivity index (χ2v) is 5.33. The van der Waals surface area contributed by atoms with Gasteiger partial charge in [0.15, 0.2) is 0 Å². The van der Waals surface area contributed by atoms with E-state index in [0.717, 1.165) is 11.5 Å². The Hall–Kier alpha value is -2.00. The van der Waals surface area contributed by atoms with Gasteiger partial charge in [-0.2, -0.15) is 0 Å². The lowest BCUT2D eigenvalue weighted by Crippen LogP contribution is -1.81. The summed E-state index contributed by atoms with van der Waals surface area (Å²) in [5.74, 6) is 1.78. The molecule has 0 saturated carbocycles. The predicted molar refractivity (Wildman–Crippen MR) is 80.4 cm³/mol. The molecule has 19 heavy (non-hydrogen) atoms. The van der Waals surface area contributed by atoms with Crippen molar-refractivity contribution < 1.29 is 9.47 Å². The highest BCUT2D eigenvalue weighted by atomic mass is 32.1. The SMILES string of the molecule is COc1ccc(-c2cc3cc(OC)ccc3s2)cc1. The van der Waals surface area contributed by atoms with Crippen molar-refractivity contribution >= 4 is 21.4 Å². The van der Waals surface area contributed by atoms with Crippen molar-refractivity contribution in [3.8, 4) is 21.9 Å². The van der Waals surface area contributed by atoms with Crippen molar-refractivity contribution in [1.82, 2.24) is 0 Å². The van der Waals surface area contributed by atoms with E-state index in [-0.39, 0.29) is 0 Å². The molecular weight excluding hydrogens is 256 g/mol. The fourth-order valence-electron chi connectivity index (χ4n) is 2.05. The first-order valence-electron chi connectivity index (χ1n) is 6.02. The van der Waals surface area contributed by atoms with E-state index in [4.69, 9.17) is 9.47 Å². The molecule has 0 N–H and O–H groups in total. The number of methoxy groups -OCH3 is 2. The Balaban J connectivity index is 2.04. The molecule has 3 aromatic rings. The first-order valence-corrected chi connectivity index (χ1v) is 6.84. The molecule has 1 heterocycles. The lowest BCUT2D eigenvalue weighted by molar-refractivity contribution is 0.415. The summed E-state index contributed by atoms with van der Waals surface area (Å²) < 4.78 is 11.7. The van der Waals surface area contributed by atoms with Crippen LogP contribution in [0.3, 0.4) is 0 Å². The summed E-state index contributed by atoms with van der Waals surface area (Å²) in [5.41, 5.74) is 1.21. The number of ether oxygens (including phenoxy) is 2. The molecule has 0 radical (unpaired) electrons. The van der Waals surface area contributed by atoms with E-state index in [1.807, 2.05) is 18.2 Å². The number of fused-ring (bicyclic) bond motifs is 1. The third-order valence-electron chi connectivity index (χ3n) is 3.10. The van der Waals surface area contributed by atoms with Crippen LogP contribution in [0.25, 0.3) is 20.5 Å². The molecule has 3 rings (SSSR count). The van der Waals surface area contributed by atoms with E-state index in [1.54, 1.807) is 25.6 Å². The zero-order valence-corrected chi connectivity index (χ0v) is 11.7. The molecule has 0 aliphatic rings.